The molecular formula is C22H25Cl2N3O. The van der Waals surface area contributed by atoms with E-state index in [2.05, 4.69) is 40.1 Å². The summed E-state index contributed by atoms with van der Waals surface area (Å²) in [6.45, 7) is 5.32. The van der Waals surface area contributed by atoms with Crippen LogP contribution in [0, 0.1) is 11.8 Å². The molecule has 0 saturated carbocycles. The molecule has 2 aromatic carbocycles. The highest BCUT2D eigenvalue weighted by atomic mass is 35.5. The van der Waals surface area contributed by atoms with Gasteiger partial charge in [0.25, 0.3) is 0 Å². The van der Waals surface area contributed by atoms with E-state index in [1.54, 1.807) is 0 Å². The van der Waals surface area contributed by atoms with E-state index in [9.17, 15) is 4.79 Å². The molecule has 2 fully saturated rings. The van der Waals surface area contributed by atoms with Crippen molar-refractivity contribution < 1.29 is 4.79 Å². The minimum Gasteiger partial charge on any atom is -0.371 e. The molecule has 0 radical (unpaired) electrons. The van der Waals surface area contributed by atoms with E-state index in [1.807, 2.05) is 12.1 Å². The summed E-state index contributed by atoms with van der Waals surface area (Å²) in [5.74, 6) is 1.14. The second-order valence-corrected chi connectivity index (χ2v) is 8.82. The number of carbonyl (C=O) groups excluding carboxylic acids is 1. The van der Waals surface area contributed by atoms with Gasteiger partial charge < -0.3 is 10.6 Å². The summed E-state index contributed by atoms with van der Waals surface area (Å²) in [7, 11) is 0. The number of carbonyl (C=O) groups is 1. The molecule has 2 aliphatic rings. The number of hydrogen-bond acceptors (Lipinski definition) is 3. The maximum absolute atomic E-state index is 11.0. The van der Waals surface area contributed by atoms with Crippen LogP contribution >= 0.6 is 23.2 Å². The molecule has 6 heteroatoms. The molecule has 2 N–H and O–H groups in total. The molecule has 0 aromatic heterocycles. The Kier molecular flexibility index (Phi) is 5.81. The normalized spacial score (nSPS) is 21.9. The Bertz CT molecular complexity index is 859. The number of anilines is 1. The summed E-state index contributed by atoms with van der Waals surface area (Å²) < 4.78 is 0. The average Bonchev–Trinajstić information content (AvgIpc) is 3.22. The van der Waals surface area contributed by atoms with Gasteiger partial charge in [-0.05, 0) is 53.6 Å². The van der Waals surface area contributed by atoms with Crippen LogP contribution in [0.15, 0.2) is 42.5 Å². The summed E-state index contributed by atoms with van der Waals surface area (Å²) in [5.41, 5.74) is 8.93. The highest BCUT2D eigenvalue weighted by Crippen LogP contribution is 2.35. The summed E-state index contributed by atoms with van der Waals surface area (Å²) in [6.07, 6.45) is 1.11. The number of nitrogens with zero attached hydrogens (tertiary/aromatic N) is 2. The first-order chi connectivity index (χ1) is 13.5. The lowest BCUT2D eigenvalue weighted by Gasteiger charge is -2.23. The average molecular weight is 418 g/mol. The number of hydrogen-bond donors (Lipinski definition) is 1. The lowest BCUT2D eigenvalue weighted by atomic mass is 10.0. The van der Waals surface area contributed by atoms with E-state index >= 15 is 0 Å². The zero-order chi connectivity index (χ0) is 19.7. The predicted molar refractivity (Wildman–Crippen MR) is 115 cm³/mol. The van der Waals surface area contributed by atoms with Crippen molar-refractivity contribution in [3.05, 3.63) is 63.6 Å². The van der Waals surface area contributed by atoms with Crippen molar-refractivity contribution in [2.75, 3.05) is 31.1 Å². The standard InChI is InChI=1S/C22H25Cl2N3O/c23-20-6-4-16(9-21(20)24)10-26-11-17-13-27(14-18(17)12-26)19-3-1-2-15(8-19)5-7-22(25)28/h1-4,6,8-9,17-18H,5,7,10-14H2,(H2,25,28). The van der Waals surface area contributed by atoms with Gasteiger partial charge >= 0.3 is 0 Å². The van der Waals surface area contributed by atoms with Crippen LogP contribution in [0.2, 0.25) is 10.0 Å². The highest BCUT2D eigenvalue weighted by Gasteiger charge is 2.39. The molecular weight excluding hydrogens is 393 g/mol. The summed E-state index contributed by atoms with van der Waals surface area (Å²) >= 11 is 12.2. The van der Waals surface area contributed by atoms with Gasteiger partial charge in [-0.25, -0.2) is 0 Å². The number of primary amides is 1. The minimum absolute atomic E-state index is 0.247. The zero-order valence-electron chi connectivity index (χ0n) is 15.8. The number of fused-ring (bicyclic) bond motifs is 1. The van der Waals surface area contributed by atoms with Crippen LogP contribution in [0.25, 0.3) is 0 Å². The third kappa shape index (κ3) is 4.45. The molecule has 4 rings (SSSR count). The predicted octanol–water partition coefficient (Wildman–Crippen LogP) is 3.98. The molecule has 4 nitrogen and oxygen atoms in total. The van der Waals surface area contributed by atoms with Crippen molar-refractivity contribution in [3.63, 3.8) is 0 Å². The Balaban J connectivity index is 1.34. The Labute approximate surface area is 176 Å². The highest BCUT2D eigenvalue weighted by molar-refractivity contribution is 6.42. The van der Waals surface area contributed by atoms with Gasteiger partial charge in [-0.2, -0.15) is 0 Å². The molecule has 0 bridgehead atoms. The van der Waals surface area contributed by atoms with E-state index in [4.69, 9.17) is 28.9 Å². The smallest absolute Gasteiger partial charge is 0.217 e. The van der Waals surface area contributed by atoms with Crippen molar-refractivity contribution in [2.45, 2.75) is 19.4 Å². The molecule has 2 aliphatic heterocycles. The van der Waals surface area contributed by atoms with Crippen LogP contribution in [0.3, 0.4) is 0 Å². The molecule has 148 valence electrons. The Morgan fingerprint density at radius 1 is 0.964 bits per heavy atom. The fraction of sp³-hybridized carbons (Fsp3) is 0.409. The van der Waals surface area contributed by atoms with Gasteiger partial charge in [-0.1, -0.05) is 41.4 Å². The summed E-state index contributed by atoms with van der Waals surface area (Å²) in [5, 5.41) is 1.23. The van der Waals surface area contributed by atoms with E-state index in [0.29, 0.717) is 34.7 Å². The maximum atomic E-state index is 11.0. The lowest BCUT2D eigenvalue weighted by Crippen LogP contribution is -2.28. The van der Waals surface area contributed by atoms with Crippen molar-refractivity contribution >= 4 is 34.8 Å². The third-order valence-corrected chi connectivity index (χ3v) is 6.63. The van der Waals surface area contributed by atoms with Gasteiger partial charge in [0.15, 0.2) is 0 Å². The van der Waals surface area contributed by atoms with E-state index in [0.717, 1.165) is 32.7 Å². The van der Waals surface area contributed by atoms with Crippen LogP contribution in [0.4, 0.5) is 5.69 Å². The monoisotopic (exact) mass is 417 g/mol. The molecule has 28 heavy (non-hydrogen) atoms. The Hall–Kier alpha value is -1.75. The van der Waals surface area contributed by atoms with Gasteiger partial charge in [-0.15, -0.1) is 0 Å². The first-order valence-electron chi connectivity index (χ1n) is 9.76. The molecule has 2 unspecified atom stereocenters. The zero-order valence-corrected chi connectivity index (χ0v) is 17.3. The van der Waals surface area contributed by atoms with Gasteiger partial charge in [0.2, 0.25) is 5.91 Å². The van der Waals surface area contributed by atoms with Gasteiger partial charge in [0.1, 0.15) is 0 Å². The Morgan fingerprint density at radius 2 is 1.71 bits per heavy atom. The second-order valence-electron chi connectivity index (χ2n) is 8.00. The number of nitrogens with two attached hydrogens (primary N) is 1. The molecule has 0 spiro atoms. The third-order valence-electron chi connectivity index (χ3n) is 5.89. The van der Waals surface area contributed by atoms with Crippen molar-refractivity contribution in [1.82, 2.24) is 4.90 Å². The largest absolute Gasteiger partial charge is 0.371 e. The number of amides is 1. The van der Waals surface area contributed by atoms with Crippen LogP contribution < -0.4 is 10.6 Å². The van der Waals surface area contributed by atoms with Crippen LogP contribution in [-0.2, 0) is 17.8 Å². The minimum atomic E-state index is -0.247. The van der Waals surface area contributed by atoms with Crippen molar-refractivity contribution in [2.24, 2.45) is 17.6 Å². The molecule has 2 atom stereocenters. The lowest BCUT2D eigenvalue weighted by molar-refractivity contribution is -0.117. The van der Waals surface area contributed by atoms with Gasteiger partial charge in [0.05, 0.1) is 10.0 Å². The van der Waals surface area contributed by atoms with E-state index < -0.39 is 0 Å². The first kappa shape index (κ1) is 19.6. The van der Waals surface area contributed by atoms with Crippen LogP contribution in [-0.4, -0.2) is 37.0 Å². The molecule has 2 aromatic rings. The fourth-order valence-corrected chi connectivity index (χ4v) is 4.82. The van der Waals surface area contributed by atoms with Crippen molar-refractivity contribution in [3.8, 4) is 0 Å². The van der Waals surface area contributed by atoms with Gasteiger partial charge in [0, 0.05) is 44.8 Å². The topological polar surface area (TPSA) is 49.6 Å². The fourth-order valence-electron chi connectivity index (χ4n) is 4.50. The molecule has 1 amide bonds. The van der Waals surface area contributed by atoms with Crippen molar-refractivity contribution in [1.29, 1.82) is 0 Å². The Morgan fingerprint density at radius 3 is 2.39 bits per heavy atom. The summed E-state index contributed by atoms with van der Waals surface area (Å²) in [6, 6.07) is 14.4. The molecule has 2 saturated heterocycles. The van der Waals surface area contributed by atoms with E-state index in [-0.39, 0.29) is 5.91 Å². The maximum Gasteiger partial charge on any atom is 0.217 e. The van der Waals surface area contributed by atoms with Crippen LogP contribution in [0.1, 0.15) is 17.5 Å². The van der Waals surface area contributed by atoms with Crippen LogP contribution in [0.5, 0.6) is 0 Å². The number of rotatable bonds is 6. The number of benzene rings is 2. The quantitative estimate of drug-likeness (QED) is 0.772. The molecule has 0 aliphatic carbocycles. The van der Waals surface area contributed by atoms with E-state index in [1.165, 1.54) is 16.8 Å². The SMILES string of the molecule is NC(=O)CCc1cccc(N2CC3CN(Cc4ccc(Cl)c(Cl)c4)CC3C2)c1. The number of likely N-dealkylation sites (tertiary alicyclic amines) is 1. The second kappa shape index (κ2) is 8.32. The van der Waals surface area contributed by atoms with Gasteiger partial charge in [-0.3, -0.25) is 9.69 Å². The first-order valence-corrected chi connectivity index (χ1v) is 10.5. The summed E-state index contributed by atoms with van der Waals surface area (Å²) in [4.78, 5) is 16.0. The molecule has 2 heterocycles. The number of aryl methyl sites for hydroxylation is 1. The number of halogens is 2.